The molecular weight excluding hydrogens is 433 g/mol. The fourth-order valence-electron chi connectivity index (χ4n) is 3.44. The van der Waals surface area contributed by atoms with Gasteiger partial charge in [0.1, 0.15) is 11.2 Å². The van der Waals surface area contributed by atoms with Crippen molar-refractivity contribution in [3.8, 4) is 5.69 Å². The molecule has 0 radical (unpaired) electrons. The van der Waals surface area contributed by atoms with Crippen LogP contribution < -0.4 is 5.32 Å². The number of alkyl halides is 3. The van der Waals surface area contributed by atoms with E-state index in [-0.39, 0.29) is 18.5 Å². The van der Waals surface area contributed by atoms with Crippen molar-refractivity contribution in [3.05, 3.63) is 58.0 Å². The van der Waals surface area contributed by atoms with E-state index in [1.54, 1.807) is 11.4 Å². The molecule has 1 aliphatic heterocycles. The Morgan fingerprint density at radius 2 is 1.94 bits per heavy atom. The first-order valence-electron chi connectivity index (χ1n) is 9.51. The fraction of sp³-hybridized carbons (Fsp3) is 0.368. The lowest BCUT2D eigenvalue weighted by Gasteiger charge is -2.35. The van der Waals surface area contributed by atoms with Gasteiger partial charge >= 0.3 is 6.18 Å². The monoisotopic (exact) mass is 452 g/mol. The Morgan fingerprint density at radius 3 is 2.58 bits per heavy atom. The summed E-state index contributed by atoms with van der Waals surface area (Å²) in [7, 11) is 0. The molecule has 2 aromatic heterocycles. The normalized spacial score (nSPS) is 16.2. The fourth-order valence-corrected chi connectivity index (χ4v) is 4.23. The number of hydrogen-bond acceptors (Lipinski definition) is 7. The molecule has 4 rings (SSSR count). The molecule has 3 aromatic rings. The van der Waals surface area contributed by atoms with Gasteiger partial charge in [-0.3, -0.25) is 9.69 Å². The number of halogens is 3. The number of benzene rings is 1. The lowest BCUT2D eigenvalue weighted by Crippen LogP contribution is -2.43. The van der Waals surface area contributed by atoms with E-state index in [1.807, 2.05) is 0 Å². The van der Waals surface area contributed by atoms with E-state index in [4.69, 9.17) is 4.74 Å². The highest BCUT2D eigenvalue weighted by atomic mass is 32.1. The Hall–Kier alpha value is -2.83. The molecule has 1 aliphatic rings. The third kappa shape index (κ3) is 4.92. The summed E-state index contributed by atoms with van der Waals surface area (Å²) in [6.07, 6.45) is -3.00. The van der Waals surface area contributed by atoms with E-state index in [1.165, 1.54) is 34.5 Å². The summed E-state index contributed by atoms with van der Waals surface area (Å²) in [6, 6.07) is 6.52. The topological polar surface area (TPSA) is 85.2 Å². The summed E-state index contributed by atoms with van der Waals surface area (Å²) in [4.78, 5) is 15.4. The predicted molar refractivity (Wildman–Crippen MR) is 106 cm³/mol. The van der Waals surface area contributed by atoms with Crippen molar-refractivity contribution in [2.75, 3.05) is 32.8 Å². The van der Waals surface area contributed by atoms with Crippen molar-refractivity contribution < 1.29 is 22.7 Å². The van der Waals surface area contributed by atoms with Gasteiger partial charge < -0.3 is 10.1 Å². The van der Waals surface area contributed by atoms with Crippen molar-refractivity contribution in [2.24, 2.45) is 0 Å². The molecule has 31 heavy (non-hydrogen) atoms. The molecule has 1 aromatic carbocycles. The van der Waals surface area contributed by atoms with Gasteiger partial charge in [0.05, 0.1) is 30.5 Å². The van der Waals surface area contributed by atoms with E-state index >= 15 is 0 Å². The molecule has 0 aliphatic carbocycles. The molecule has 8 nitrogen and oxygen atoms in total. The van der Waals surface area contributed by atoms with E-state index in [2.05, 4.69) is 25.7 Å². The van der Waals surface area contributed by atoms with Crippen LogP contribution >= 0.6 is 11.3 Å². The van der Waals surface area contributed by atoms with Crippen molar-refractivity contribution in [1.29, 1.82) is 0 Å². The molecule has 0 saturated carbocycles. The van der Waals surface area contributed by atoms with Crippen LogP contribution in [0.15, 0.2) is 42.0 Å². The highest BCUT2D eigenvalue weighted by molar-refractivity contribution is 7.12. The zero-order valence-corrected chi connectivity index (χ0v) is 17.1. The molecular formula is C19H19F3N6O2S. The summed E-state index contributed by atoms with van der Waals surface area (Å²) < 4.78 is 45.6. The van der Waals surface area contributed by atoms with Crippen LogP contribution in [0.1, 0.15) is 26.8 Å². The molecule has 1 N–H and O–H groups in total. The molecule has 1 unspecified atom stereocenters. The van der Waals surface area contributed by atoms with Gasteiger partial charge in [0, 0.05) is 19.6 Å². The number of thiophene rings is 1. The summed E-state index contributed by atoms with van der Waals surface area (Å²) in [5.74, 6) is -0.300. The summed E-state index contributed by atoms with van der Waals surface area (Å²) >= 11 is 1.26. The largest absolute Gasteiger partial charge is 0.416 e. The highest BCUT2D eigenvalue weighted by Crippen LogP contribution is 2.31. The molecule has 0 spiro atoms. The SMILES string of the molecule is O=C(NCC(c1ccc(C(F)(F)F)cc1)N1CCOCC1)c1sccc1-n1cnnn1. The molecule has 164 valence electrons. The molecule has 12 heteroatoms. The number of tetrazole rings is 1. The minimum Gasteiger partial charge on any atom is -0.379 e. The molecule has 3 heterocycles. The Labute approximate surface area is 179 Å². The Morgan fingerprint density at radius 1 is 1.19 bits per heavy atom. The minimum absolute atomic E-state index is 0.233. The number of amides is 1. The number of aromatic nitrogens is 4. The van der Waals surface area contributed by atoms with Crippen LogP contribution in [0.2, 0.25) is 0 Å². The Bertz CT molecular complexity index is 1000. The van der Waals surface area contributed by atoms with Gasteiger partial charge in [-0.05, 0) is 39.6 Å². The highest BCUT2D eigenvalue weighted by Gasteiger charge is 2.31. The van der Waals surface area contributed by atoms with Gasteiger partial charge in [0.2, 0.25) is 0 Å². The average molecular weight is 452 g/mol. The van der Waals surface area contributed by atoms with Crippen molar-refractivity contribution in [3.63, 3.8) is 0 Å². The number of carbonyl (C=O) groups is 1. The molecule has 1 atom stereocenters. The van der Waals surface area contributed by atoms with E-state index in [9.17, 15) is 18.0 Å². The number of ether oxygens (including phenoxy) is 1. The molecule has 1 fully saturated rings. The van der Waals surface area contributed by atoms with Crippen molar-refractivity contribution >= 4 is 17.2 Å². The lowest BCUT2D eigenvalue weighted by molar-refractivity contribution is -0.137. The standard InChI is InChI=1S/C19H19F3N6O2S/c20-19(21,22)14-3-1-13(2-4-14)16(27-6-8-30-9-7-27)11-23-18(29)17-15(5-10-31-17)28-12-24-25-26-28/h1-5,10,12,16H,6-9,11H2,(H,23,29). The van der Waals surface area contributed by atoms with E-state index < -0.39 is 11.7 Å². The van der Waals surface area contributed by atoms with Gasteiger partial charge in [0.25, 0.3) is 5.91 Å². The molecule has 0 bridgehead atoms. The summed E-state index contributed by atoms with van der Waals surface area (Å²) in [5, 5.41) is 15.7. The number of nitrogens with zero attached hydrogens (tertiary/aromatic N) is 5. The smallest absolute Gasteiger partial charge is 0.379 e. The maximum absolute atomic E-state index is 12.9. The van der Waals surface area contributed by atoms with Crippen LogP contribution in [0.4, 0.5) is 13.2 Å². The first-order chi connectivity index (χ1) is 14.9. The number of morpholine rings is 1. The van der Waals surface area contributed by atoms with Gasteiger partial charge in [-0.15, -0.1) is 16.4 Å². The van der Waals surface area contributed by atoms with Crippen LogP contribution in [-0.4, -0.2) is 63.9 Å². The Kier molecular flexibility index (Phi) is 6.30. The van der Waals surface area contributed by atoms with Crippen molar-refractivity contribution in [2.45, 2.75) is 12.2 Å². The summed E-state index contributed by atoms with van der Waals surface area (Å²) in [5.41, 5.74) is 0.553. The van der Waals surface area contributed by atoms with Gasteiger partial charge in [-0.25, -0.2) is 0 Å². The third-order valence-electron chi connectivity index (χ3n) is 5.01. The number of nitrogens with one attached hydrogen (secondary N) is 1. The zero-order valence-electron chi connectivity index (χ0n) is 16.2. The van der Waals surface area contributed by atoms with Crippen LogP contribution in [0, 0.1) is 0 Å². The molecule has 1 amide bonds. The maximum atomic E-state index is 12.9. The van der Waals surface area contributed by atoms with Gasteiger partial charge in [0.15, 0.2) is 0 Å². The number of rotatable bonds is 6. The van der Waals surface area contributed by atoms with Gasteiger partial charge in [-0.2, -0.15) is 17.9 Å². The lowest BCUT2D eigenvalue weighted by atomic mass is 10.0. The van der Waals surface area contributed by atoms with Crippen molar-refractivity contribution in [1.82, 2.24) is 30.4 Å². The number of carbonyl (C=O) groups excluding carboxylic acids is 1. The van der Waals surface area contributed by atoms with Gasteiger partial charge in [-0.1, -0.05) is 12.1 Å². The average Bonchev–Trinajstić information content (AvgIpc) is 3.46. The Balaban J connectivity index is 1.52. The zero-order chi connectivity index (χ0) is 21.8. The quantitative estimate of drug-likeness (QED) is 0.619. The molecule has 1 saturated heterocycles. The van der Waals surface area contributed by atoms with Crippen LogP contribution in [0.5, 0.6) is 0 Å². The summed E-state index contributed by atoms with van der Waals surface area (Å²) in [6.45, 7) is 2.53. The first-order valence-corrected chi connectivity index (χ1v) is 10.4. The second-order valence-corrected chi connectivity index (χ2v) is 7.80. The minimum atomic E-state index is -4.40. The third-order valence-corrected chi connectivity index (χ3v) is 5.91. The predicted octanol–water partition coefficient (Wildman–Crippen LogP) is 2.55. The van der Waals surface area contributed by atoms with Crippen LogP contribution in [-0.2, 0) is 10.9 Å². The van der Waals surface area contributed by atoms with E-state index in [0.29, 0.717) is 42.4 Å². The first kappa shape index (κ1) is 21.4. The number of hydrogen-bond donors (Lipinski definition) is 1. The van der Waals surface area contributed by atoms with Crippen LogP contribution in [0.25, 0.3) is 5.69 Å². The van der Waals surface area contributed by atoms with E-state index in [0.717, 1.165) is 12.1 Å². The van der Waals surface area contributed by atoms with Crippen LogP contribution in [0.3, 0.4) is 0 Å². The second-order valence-electron chi connectivity index (χ2n) is 6.88. The maximum Gasteiger partial charge on any atom is 0.416 e. The second kappa shape index (κ2) is 9.12.